The molecule has 2 saturated heterocycles. The number of fused-ring (bicyclic) bond motifs is 1. The summed E-state index contributed by atoms with van der Waals surface area (Å²) in [5.41, 5.74) is 5.59. The van der Waals surface area contributed by atoms with Gasteiger partial charge in [0.25, 0.3) is 0 Å². The minimum absolute atomic E-state index is 0.121. The number of hydrogen-bond donors (Lipinski definition) is 2. The van der Waals surface area contributed by atoms with Gasteiger partial charge in [-0.2, -0.15) is 5.10 Å². The van der Waals surface area contributed by atoms with Gasteiger partial charge in [0.2, 0.25) is 0 Å². The van der Waals surface area contributed by atoms with E-state index in [4.69, 9.17) is 14.7 Å². The van der Waals surface area contributed by atoms with Crippen LogP contribution in [-0.4, -0.2) is 51.6 Å². The molecule has 2 aliphatic rings. The summed E-state index contributed by atoms with van der Waals surface area (Å²) in [5.74, 6) is 0.819. The third-order valence-electron chi connectivity index (χ3n) is 6.60. The molecule has 0 radical (unpaired) electrons. The van der Waals surface area contributed by atoms with Gasteiger partial charge in [-0.15, -0.1) is 0 Å². The molecule has 7 nitrogen and oxygen atoms in total. The number of aliphatic hydroxyl groups is 1. The van der Waals surface area contributed by atoms with Crippen LogP contribution in [0.2, 0.25) is 0 Å². The molecule has 0 aliphatic carbocycles. The SMILES string of the molecule is Cc1nc(N2CCC3(CCOC3)CC2)c(CO)nc1-c1ccc2c(C)[nH]nc2c1. The normalized spacial score (nSPS) is 18.8. The maximum absolute atomic E-state index is 10.0. The van der Waals surface area contributed by atoms with Crippen molar-refractivity contribution >= 4 is 16.7 Å². The van der Waals surface area contributed by atoms with Crippen LogP contribution in [0.4, 0.5) is 5.82 Å². The Labute approximate surface area is 170 Å². The molecule has 4 heterocycles. The van der Waals surface area contributed by atoms with Gasteiger partial charge in [0.15, 0.2) is 5.82 Å². The Balaban J connectivity index is 1.46. The van der Waals surface area contributed by atoms with Gasteiger partial charge in [-0.25, -0.2) is 9.97 Å². The van der Waals surface area contributed by atoms with Gasteiger partial charge in [-0.1, -0.05) is 12.1 Å². The number of piperidine rings is 1. The lowest BCUT2D eigenvalue weighted by Gasteiger charge is -2.39. The van der Waals surface area contributed by atoms with E-state index in [1.165, 1.54) is 0 Å². The Morgan fingerprint density at radius 2 is 2.00 bits per heavy atom. The number of hydrogen-bond acceptors (Lipinski definition) is 6. The van der Waals surface area contributed by atoms with Crippen molar-refractivity contribution in [2.45, 2.75) is 39.7 Å². The highest BCUT2D eigenvalue weighted by atomic mass is 16.5. The van der Waals surface area contributed by atoms with E-state index < -0.39 is 0 Å². The Morgan fingerprint density at radius 1 is 1.17 bits per heavy atom. The number of H-pyrrole nitrogens is 1. The average molecular weight is 393 g/mol. The molecule has 0 saturated carbocycles. The molecule has 7 heteroatoms. The lowest BCUT2D eigenvalue weighted by Crippen LogP contribution is -2.41. The van der Waals surface area contributed by atoms with Crippen molar-refractivity contribution < 1.29 is 9.84 Å². The monoisotopic (exact) mass is 393 g/mol. The van der Waals surface area contributed by atoms with E-state index in [9.17, 15) is 5.11 Å². The number of aromatic nitrogens is 4. The summed E-state index contributed by atoms with van der Waals surface area (Å²) in [7, 11) is 0. The molecule has 1 aromatic carbocycles. The molecule has 0 bridgehead atoms. The molecule has 0 unspecified atom stereocenters. The quantitative estimate of drug-likeness (QED) is 0.711. The minimum atomic E-state index is -0.121. The molecule has 3 aromatic rings. The zero-order valence-corrected chi connectivity index (χ0v) is 17.0. The van der Waals surface area contributed by atoms with Crippen molar-refractivity contribution in [1.29, 1.82) is 0 Å². The fraction of sp³-hybridized carbons (Fsp3) is 0.500. The maximum atomic E-state index is 10.0. The number of benzene rings is 1. The van der Waals surface area contributed by atoms with Crippen LogP contribution in [0, 0.1) is 19.3 Å². The predicted molar refractivity (Wildman–Crippen MR) is 112 cm³/mol. The summed E-state index contributed by atoms with van der Waals surface area (Å²) in [6.07, 6.45) is 3.37. The van der Waals surface area contributed by atoms with Gasteiger partial charge in [0, 0.05) is 36.3 Å². The second-order valence-corrected chi connectivity index (χ2v) is 8.46. The number of anilines is 1. The average Bonchev–Trinajstić information content (AvgIpc) is 3.35. The van der Waals surface area contributed by atoms with Gasteiger partial charge < -0.3 is 14.7 Å². The van der Waals surface area contributed by atoms with E-state index in [1.807, 2.05) is 26.0 Å². The molecule has 0 amide bonds. The Hall–Kier alpha value is -2.51. The van der Waals surface area contributed by atoms with E-state index in [0.29, 0.717) is 11.1 Å². The number of aromatic amines is 1. The van der Waals surface area contributed by atoms with Crippen molar-refractivity contribution in [2.75, 3.05) is 31.2 Å². The van der Waals surface area contributed by atoms with Crippen LogP contribution in [0.1, 0.15) is 36.3 Å². The van der Waals surface area contributed by atoms with Crippen LogP contribution < -0.4 is 4.90 Å². The highest BCUT2D eigenvalue weighted by Gasteiger charge is 2.38. The molecule has 2 aliphatic heterocycles. The predicted octanol–water partition coefficient (Wildman–Crippen LogP) is 3.14. The zero-order valence-electron chi connectivity index (χ0n) is 17.0. The summed E-state index contributed by atoms with van der Waals surface area (Å²) < 4.78 is 5.65. The minimum Gasteiger partial charge on any atom is -0.390 e. The molecule has 2 fully saturated rings. The number of nitrogens with one attached hydrogen (secondary N) is 1. The van der Waals surface area contributed by atoms with Gasteiger partial charge in [0.1, 0.15) is 5.69 Å². The third-order valence-corrected chi connectivity index (χ3v) is 6.60. The first-order chi connectivity index (χ1) is 14.1. The van der Waals surface area contributed by atoms with Crippen LogP contribution in [0.25, 0.3) is 22.2 Å². The second-order valence-electron chi connectivity index (χ2n) is 8.46. The molecule has 152 valence electrons. The largest absolute Gasteiger partial charge is 0.390 e. The first-order valence-electron chi connectivity index (χ1n) is 10.3. The lowest BCUT2D eigenvalue weighted by molar-refractivity contribution is 0.133. The van der Waals surface area contributed by atoms with E-state index in [1.54, 1.807) is 0 Å². The fourth-order valence-electron chi connectivity index (χ4n) is 4.70. The van der Waals surface area contributed by atoms with Crippen LogP contribution in [-0.2, 0) is 11.3 Å². The topological polar surface area (TPSA) is 87.2 Å². The number of aliphatic hydroxyl groups excluding tert-OH is 1. The van der Waals surface area contributed by atoms with Crippen molar-refractivity contribution in [3.8, 4) is 11.3 Å². The summed E-state index contributed by atoms with van der Waals surface area (Å²) >= 11 is 0. The highest BCUT2D eigenvalue weighted by Crippen LogP contribution is 2.40. The molecule has 0 atom stereocenters. The lowest BCUT2D eigenvalue weighted by atomic mass is 9.78. The third kappa shape index (κ3) is 3.18. The molecule has 29 heavy (non-hydrogen) atoms. The van der Waals surface area contributed by atoms with E-state index >= 15 is 0 Å². The first-order valence-corrected chi connectivity index (χ1v) is 10.3. The van der Waals surface area contributed by atoms with E-state index in [0.717, 1.165) is 84.9 Å². The summed E-state index contributed by atoms with van der Waals surface area (Å²) in [6.45, 7) is 7.51. The molecular weight excluding hydrogens is 366 g/mol. The first kappa shape index (κ1) is 18.5. The summed E-state index contributed by atoms with van der Waals surface area (Å²) in [4.78, 5) is 12.0. The molecule has 2 N–H and O–H groups in total. The number of aryl methyl sites for hydroxylation is 2. The fourth-order valence-corrected chi connectivity index (χ4v) is 4.70. The smallest absolute Gasteiger partial charge is 0.153 e. The van der Waals surface area contributed by atoms with Gasteiger partial charge in [-0.3, -0.25) is 5.10 Å². The standard InChI is InChI=1S/C22H27N5O2/c1-14-17-4-3-16(11-18(17)26-25-14)20-15(2)23-21(19(12-28)24-20)27-8-5-22(6-9-27)7-10-29-13-22/h3-4,11,28H,5-10,12-13H2,1-2H3,(H,25,26). The van der Waals surface area contributed by atoms with E-state index in [-0.39, 0.29) is 6.61 Å². The van der Waals surface area contributed by atoms with Gasteiger partial charge >= 0.3 is 0 Å². The zero-order chi connectivity index (χ0) is 20.0. The van der Waals surface area contributed by atoms with Crippen LogP contribution in [0.15, 0.2) is 18.2 Å². The summed E-state index contributed by atoms with van der Waals surface area (Å²) in [6, 6.07) is 6.14. The summed E-state index contributed by atoms with van der Waals surface area (Å²) in [5, 5.41) is 18.5. The van der Waals surface area contributed by atoms with E-state index in [2.05, 4.69) is 21.2 Å². The Kier molecular flexibility index (Phi) is 4.52. The number of ether oxygens (including phenoxy) is 1. The van der Waals surface area contributed by atoms with Crippen molar-refractivity contribution in [3.05, 3.63) is 35.3 Å². The number of rotatable bonds is 3. The van der Waals surface area contributed by atoms with Gasteiger partial charge in [0.05, 0.1) is 30.1 Å². The van der Waals surface area contributed by atoms with Crippen LogP contribution in [0.3, 0.4) is 0 Å². The van der Waals surface area contributed by atoms with Gasteiger partial charge in [-0.05, 0) is 44.6 Å². The Morgan fingerprint density at radius 3 is 2.72 bits per heavy atom. The Bertz CT molecular complexity index is 1040. The highest BCUT2D eigenvalue weighted by molar-refractivity contribution is 5.85. The molecular formula is C22H27N5O2. The number of nitrogens with zero attached hydrogens (tertiary/aromatic N) is 4. The van der Waals surface area contributed by atoms with Crippen molar-refractivity contribution in [2.24, 2.45) is 5.41 Å². The molecule has 1 spiro atoms. The van der Waals surface area contributed by atoms with Crippen LogP contribution >= 0.6 is 0 Å². The molecule has 5 rings (SSSR count). The van der Waals surface area contributed by atoms with Crippen molar-refractivity contribution in [3.63, 3.8) is 0 Å². The molecule has 2 aromatic heterocycles. The second kappa shape index (κ2) is 7.07. The van der Waals surface area contributed by atoms with Crippen LogP contribution in [0.5, 0.6) is 0 Å². The van der Waals surface area contributed by atoms with Crippen molar-refractivity contribution in [1.82, 2.24) is 20.2 Å². The maximum Gasteiger partial charge on any atom is 0.153 e.